The number of hydrogen-bond donors (Lipinski definition) is 2. The van der Waals surface area contributed by atoms with Crippen LogP contribution in [0, 0.1) is 11.7 Å². The van der Waals surface area contributed by atoms with Gasteiger partial charge >= 0.3 is 0 Å². The van der Waals surface area contributed by atoms with Gasteiger partial charge in [-0.2, -0.15) is 0 Å². The van der Waals surface area contributed by atoms with Crippen LogP contribution in [0.3, 0.4) is 0 Å². The number of ether oxygens (including phenoxy) is 1. The summed E-state index contributed by atoms with van der Waals surface area (Å²) in [5.41, 5.74) is 1.23. The average molecular weight is 358 g/mol. The summed E-state index contributed by atoms with van der Waals surface area (Å²) in [6, 6.07) is 11.9. The third-order valence-corrected chi connectivity index (χ3v) is 3.97. The van der Waals surface area contributed by atoms with Gasteiger partial charge in [0.25, 0.3) is 5.91 Å². The first-order valence-electron chi connectivity index (χ1n) is 8.37. The summed E-state index contributed by atoms with van der Waals surface area (Å²) < 4.78 is 18.1. The topological polar surface area (TPSA) is 67.4 Å². The van der Waals surface area contributed by atoms with E-state index in [9.17, 15) is 14.0 Å². The Hall–Kier alpha value is -2.89. The molecule has 0 aliphatic rings. The van der Waals surface area contributed by atoms with Gasteiger partial charge < -0.3 is 15.4 Å². The van der Waals surface area contributed by atoms with Crippen LogP contribution in [0.2, 0.25) is 0 Å². The standard InChI is InChI=1S/C20H23FN2O3/c1-13(2)18(23-19(24)15-6-8-16(21)9-7-15)20(25)22-12-14-4-10-17(26-3)11-5-14/h4-11,13,18H,12H2,1-3H3,(H,22,25)(H,23,24)/t18-/m0/s1. The fraction of sp³-hybridized carbons (Fsp3) is 0.300. The van der Waals surface area contributed by atoms with Gasteiger partial charge in [0.15, 0.2) is 0 Å². The molecule has 0 unspecified atom stereocenters. The van der Waals surface area contributed by atoms with E-state index in [2.05, 4.69) is 10.6 Å². The first-order chi connectivity index (χ1) is 12.4. The molecule has 26 heavy (non-hydrogen) atoms. The number of halogens is 1. The van der Waals surface area contributed by atoms with Crippen LogP contribution in [0.5, 0.6) is 5.75 Å². The SMILES string of the molecule is COc1ccc(CNC(=O)[C@@H](NC(=O)c2ccc(F)cc2)C(C)C)cc1. The second kappa shape index (κ2) is 8.99. The maximum atomic E-state index is 13.0. The Labute approximate surface area is 152 Å². The fourth-order valence-corrected chi connectivity index (χ4v) is 2.40. The Morgan fingerprint density at radius 3 is 2.19 bits per heavy atom. The van der Waals surface area contributed by atoms with Crippen LogP contribution >= 0.6 is 0 Å². The summed E-state index contributed by atoms with van der Waals surface area (Å²) >= 11 is 0. The molecule has 2 amide bonds. The van der Waals surface area contributed by atoms with Crippen LogP contribution in [-0.4, -0.2) is 25.0 Å². The lowest BCUT2D eigenvalue weighted by Crippen LogP contribution is -2.49. The number of carbonyl (C=O) groups is 2. The van der Waals surface area contributed by atoms with Gasteiger partial charge in [0.05, 0.1) is 7.11 Å². The molecule has 0 spiro atoms. The van der Waals surface area contributed by atoms with E-state index in [0.717, 1.165) is 11.3 Å². The molecule has 138 valence electrons. The van der Waals surface area contributed by atoms with E-state index < -0.39 is 17.8 Å². The Kier molecular flexibility index (Phi) is 6.72. The van der Waals surface area contributed by atoms with Crippen molar-refractivity contribution in [3.63, 3.8) is 0 Å². The minimum Gasteiger partial charge on any atom is -0.497 e. The zero-order valence-corrected chi connectivity index (χ0v) is 15.1. The summed E-state index contributed by atoms with van der Waals surface area (Å²) in [5.74, 6) is -0.462. The number of benzene rings is 2. The Morgan fingerprint density at radius 2 is 1.65 bits per heavy atom. The molecule has 0 aliphatic carbocycles. The highest BCUT2D eigenvalue weighted by molar-refractivity contribution is 5.97. The van der Waals surface area contributed by atoms with Crippen LogP contribution in [-0.2, 0) is 11.3 Å². The van der Waals surface area contributed by atoms with E-state index in [0.29, 0.717) is 12.1 Å². The number of rotatable bonds is 7. The Balaban J connectivity index is 1.97. The van der Waals surface area contributed by atoms with Crippen molar-refractivity contribution in [3.05, 3.63) is 65.5 Å². The second-order valence-corrected chi connectivity index (χ2v) is 6.27. The van der Waals surface area contributed by atoms with Crippen molar-refractivity contribution in [3.8, 4) is 5.75 Å². The largest absolute Gasteiger partial charge is 0.497 e. The molecule has 0 bridgehead atoms. The molecule has 2 N–H and O–H groups in total. The van der Waals surface area contributed by atoms with Crippen molar-refractivity contribution >= 4 is 11.8 Å². The summed E-state index contributed by atoms with van der Waals surface area (Å²) in [5, 5.41) is 5.54. The average Bonchev–Trinajstić information content (AvgIpc) is 2.64. The molecule has 0 fully saturated rings. The predicted octanol–water partition coefficient (Wildman–Crippen LogP) is 2.91. The van der Waals surface area contributed by atoms with Gasteiger partial charge in [0, 0.05) is 12.1 Å². The fourth-order valence-electron chi connectivity index (χ4n) is 2.40. The summed E-state index contributed by atoms with van der Waals surface area (Å²) in [6.07, 6.45) is 0. The summed E-state index contributed by atoms with van der Waals surface area (Å²) in [6.45, 7) is 4.05. The minimum absolute atomic E-state index is 0.102. The van der Waals surface area contributed by atoms with Gasteiger partial charge in [-0.1, -0.05) is 26.0 Å². The summed E-state index contributed by atoms with van der Waals surface area (Å²) in [4.78, 5) is 24.8. The van der Waals surface area contributed by atoms with Crippen LogP contribution < -0.4 is 15.4 Å². The molecular weight excluding hydrogens is 335 g/mol. The number of hydrogen-bond acceptors (Lipinski definition) is 3. The van der Waals surface area contributed by atoms with Gasteiger partial charge in [0.2, 0.25) is 5.91 Å². The highest BCUT2D eigenvalue weighted by Gasteiger charge is 2.24. The first-order valence-corrected chi connectivity index (χ1v) is 8.37. The molecule has 0 heterocycles. The first kappa shape index (κ1) is 19.4. The number of carbonyl (C=O) groups excluding carboxylic acids is 2. The van der Waals surface area contributed by atoms with E-state index in [1.165, 1.54) is 24.3 Å². The number of nitrogens with one attached hydrogen (secondary N) is 2. The molecule has 0 radical (unpaired) electrons. The number of amides is 2. The van der Waals surface area contributed by atoms with Crippen molar-refractivity contribution in [2.45, 2.75) is 26.4 Å². The molecule has 0 aliphatic heterocycles. The van der Waals surface area contributed by atoms with Crippen molar-refractivity contribution in [2.24, 2.45) is 5.92 Å². The zero-order chi connectivity index (χ0) is 19.1. The van der Waals surface area contributed by atoms with Crippen LogP contribution in [0.25, 0.3) is 0 Å². The van der Waals surface area contributed by atoms with Crippen molar-refractivity contribution < 1.29 is 18.7 Å². The molecule has 2 aromatic carbocycles. The van der Waals surface area contributed by atoms with Gasteiger partial charge in [0.1, 0.15) is 17.6 Å². The van der Waals surface area contributed by atoms with Crippen LogP contribution in [0.1, 0.15) is 29.8 Å². The smallest absolute Gasteiger partial charge is 0.251 e. The molecule has 6 heteroatoms. The highest BCUT2D eigenvalue weighted by atomic mass is 19.1. The van der Waals surface area contributed by atoms with E-state index >= 15 is 0 Å². The third kappa shape index (κ3) is 5.31. The maximum absolute atomic E-state index is 13.0. The lowest BCUT2D eigenvalue weighted by atomic mass is 10.0. The quantitative estimate of drug-likeness (QED) is 0.800. The van der Waals surface area contributed by atoms with E-state index in [4.69, 9.17) is 4.74 Å². The maximum Gasteiger partial charge on any atom is 0.251 e. The molecule has 0 saturated carbocycles. The third-order valence-electron chi connectivity index (χ3n) is 3.97. The van der Waals surface area contributed by atoms with Crippen molar-refractivity contribution in [2.75, 3.05) is 7.11 Å². The molecule has 2 aromatic rings. The van der Waals surface area contributed by atoms with Gasteiger partial charge in [-0.3, -0.25) is 9.59 Å². The van der Waals surface area contributed by atoms with Gasteiger partial charge in [-0.15, -0.1) is 0 Å². The van der Waals surface area contributed by atoms with E-state index in [-0.39, 0.29) is 11.8 Å². The van der Waals surface area contributed by atoms with Crippen LogP contribution in [0.4, 0.5) is 4.39 Å². The highest BCUT2D eigenvalue weighted by Crippen LogP contribution is 2.11. The predicted molar refractivity (Wildman–Crippen MR) is 97.3 cm³/mol. The second-order valence-electron chi connectivity index (χ2n) is 6.27. The molecule has 0 saturated heterocycles. The van der Waals surface area contributed by atoms with E-state index in [1.807, 2.05) is 38.1 Å². The molecule has 1 atom stereocenters. The Morgan fingerprint density at radius 1 is 1.04 bits per heavy atom. The minimum atomic E-state index is -0.689. The van der Waals surface area contributed by atoms with E-state index in [1.54, 1.807) is 7.11 Å². The van der Waals surface area contributed by atoms with Crippen LogP contribution in [0.15, 0.2) is 48.5 Å². The molecule has 0 aromatic heterocycles. The van der Waals surface area contributed by atoms with Gasteiger partial charge in [-0.05, 0) is 47.9 Å². The van der Waals surface area contributed by atoms with Gasteiger partial charge in [-0.25, -0.2) is 4.39 Å². The lowest BCUT2D eigenvalue weighted by Gasteiger charge is -2.22. The molecule has 2 rings (SSSR count). The normalized spacial score (nSPS) is 11.7. The monoisotopic (exact) mass is 358 g/mol. The van der Waals surface area contributed by atoms with Crippen molar-refractivity contribution in [1.29, 1.82) is 0 Å². The zero-order valence-electron chi connectivity index (χ0n) is 15.1. The Bertz CT molecular complexity index is 743. The summed E-state index contributed by atoms with van der Waals surface area (Å²) in [7, 11) is 1.59. The molecular formula is C20H23FN2O3. The number of methoxy groups -OCH3 is 1. The van der Waals surface area contributed by atoms with Crippen molar-refractivity contribution in [1.82, 2.24) is 10.6 Å². The lowest BCUT2D eigenvalue weighted by molar-refractivity contribution is -0.124. The molecule has 5 nitrogen and oxygen atoms in total.